The molecule has 0 bridgehead atoms. The summed E-state index contributed by atoms with van der Waals surface area (Å²) in [5.41, 5.74) is 2.26. The number of carbonyl (C=O) groups excluding carboxylic acids is 1. The molecule has 0 spiro atoms. The Kier molecular flexibility index (Phi) is 6.34. The van der Waals surface area contributed by atoms with Gasteiger partial charge in [0.15, 0.2) is 21.3 Å². The number of amides is 1. The monoisotopic (exact) mass is 531 g/mol. The van der Waals surface area contributed by atoms with Gasteiger partial charge in [-0.15, -0.1) is 0 Å². The van der Waals surface area contributed by atoms with Gasteiger partial charge in [0.2, 0.25) is 0 Å². The Hall–Kier alpha value is -3.24. The normalized spacial score (nSPS) is 20.5. The Morgan fingerprint density at radius 3 is 2.58 bits per heavy atom. The number of benzene rings is 2. The molecular weight excluding hydrogens is 506 g/mol. The number of aromatic amines is 1. The Bertz CT molecular complexity index is 1440. The third-order valence-electron chi connectivity index (χ3n) is 6.50. The van der Waals surface area contributed by atoms with Crippen LogP contribution in [0, 0.1) is 0 Å². The van der Waals surface area contributed by atoms with Crippen molar-refractivity contribution in [2.75, 3.05) is 24.7 Å². The van der Waals surface area contributed by atoms with Crippen molar-refractivity contribution in [1.82, 2.24) is 15.1 Å². The van der Waals surface area contributed by atoms with Gasteiger partial charge in [-0.1, -0.05) is 17.7 Å². The molecule has 11 heteroatoms. The molecule has 5 rings (SSSR count). The topological polar surface area (TPSA) is 122 Å². The third-order valence-corrected chi connectivity index (χ3v) is 8.49. The lowest BCUT2D eigenvalue weighted by atomic mass is 9.94. The van der Waals surface area contributed by atoms with Crippen molar-refractivity contribution < 1.29 is 27.8 Å². The van der Waals surface area contributed by atoms with Crippen molar-refractivity contribution in [3.8, 4) is 28.5 Å². The second-order valence-electron chi connectivity index (χ2n) is 8.77. The minimum absolute atomic E-state index is 0.0236. The van der Waals surface area contributed by atoms with Crippen LogP contribution in [-0.4, -0.2) is 65.3 Å². The van der Waals surface area contributed by atoms with E-state index in [0.29, 0.717) is 58.5 Å². The van der Waals surface area contributed by atoms with E-state index in [0.717, 1.165) is 0 Å². The van der Waals surface area contributed by atoms with Gasteiger partial charge in [-0.05, 0) is 56.2 Å². The van der Waals surface area contributed by atoms with Crippen molar-refractivity contribution in [2.24, 2.45) is 0 Å². The average Bonchev–Trinajstić information content (AvgIpc) is 3.50. The molecular formula is C25H26ClN3O6S. The van der Waals surface area contributed by atoms with Gasteiger partial charge in [0.05, 0.1) is 30.8 Å². The highest BCUT2D eigenvalue weighted by Crippen LogP contribution is 2.48. The standard InChI is InChI=1S/C25H26ClN3O6S/c1-3-34-19-8-5-14(11-20(19)35-4-2)24-21-22(17-12-15(26)6-7-18(17)30)27-28-23(21)25(31)29(24)16-9-10-36(32,33)13-16/h5-8,11-12,16,24,30H,3-4,9-10,13H2,1-2H3,(H,27,28). The molecule has 2 atom stereocenters. The molecule has 2 aromatic carbocycles. The minimum atomic E-state index is -3.26. The molecule has 3 aromatic rings. The summed E-state index contributed by atoms with van der Waals surface area (Å²) < 4.78 is 36.2. The Morgan fingerprint density at radius 1 is 1.14 bits per heavy atom. The number of hydrogen-bond acceptors (Lipinski definition) is 7. The third kappa shape index (κ3) is 4.18. The lowest BCUT2D eigenvalue weighted by molar-refractivity contribution is 0.0677. The Labute approximate surface area is 213 Å². The molecule has 9 nitrogen and oxygen atoms in total. The number of nitrogens with one attached hydrogen (secondary N) is 1. The second kappa shape index (κ2) is 9.33. The lowest BCUT2D eigenvalue weighted by Crippen LogP contribution is -2.40. The number of rotatable bonds is 7. The van der Waals surface area contributed by atoms with E-state index >= 15 is 0 Å². The zero-order chi connectivity index (χ0) is 25.6. The van der Waals surface area contributed by atoms with Crippen LogP contribution in [0.3, 0.4) is 0 Å². The maximum atomic E-state index is 13.7. The second-order valence-corrected chi connectivity index (χ2v) is 11.4. The maximum Gasteiger partial charge on any atom is 0.273 e. The number of carbonyl (C=O) groups is 1. The van der Waals surface area contributed by atoms with Crippen molar-refractivity contribution in [3.05, 3.63) is 58.2 Å². The first-order valence-corrected chi connectivity index (χ1v) is 13.9. The van der Waals surface area contributed by atoms with Gasteiger partial charge >= 0.3 is 0 Å². The highest BCUT2D eigenvalue weighted by molar-refractivity contribution is 7.91. The summed E-state index contributed by atoms with van der Waals surface area (Å²) in [5.74, 6) is 0.623. The van der Waals surface area contributed by atoms with Gasteiger partial charge in [-0.3, -0.25) is 9.89 Å². The van der Waals surface area contributed by atoms with Crippen LogP contribution in [0.15, 0.2) is 36.4 Å². The van der Waals surface area contributed by atoms with Gasteiger partial charge in [0.25, 0.3) is 5.91 Å². The fraction of sp³-hybridized carbons (Fsp3) is 0.360. The smallest absolute Gasteiger partial charge is 0.273 e. The number of sulfone groups is 1. The molecule has 1 saturated heterocycles. The lowest BCUT2D eigenvalue weighted by Gasteiger charge is -2.31. The summed E-state index contributed by atoms with van der Waals surface area (Å²) in [6.07, 6.45) is 0.343. The number of hydrogen-bond donors (Lipinski definition) is 2. The molecule has 0 saturated carbocycles. The van der Waals surface area contributed by atoms with Crippen LogP contribution in [0.4, 0.5) is 0 Å². The highest BCUT2D eigenvalue weighted by atomic mass is 35.5. The van der Waals surface area contributed by atoms with Crippen LogP contribution in [0.5, 0.6) is 17.2 Å². The zero-order valence-electron chi connectivity index (χ0n) is 19.8. The largest absolute Gasteiger partial charge is 0.507 e. The van der Waals surface area contributed by atoms with Crippen LogP contribution in [0.1, 0.15) is 47.9 Å². The predicted molar refractivity (Wildman–Crippen MR) is 135 cm³/mol. The first-order chi connectivity index (χ1) is 17.2. The van der Waals surface area contributed by atoms with Crippen LogP contribution < -0.4 is 9.47 Å². The molecule has 3 heterocycles. The van der Waals surface area contributed by atoms with Crippen molar-refractivity contribution in [1.29, 1.82) is 0 Å². The van der Waals surface area contributed by atoms with Crippen LogP contribution >= 0.6 is 11.6 Å². The summed E-state index contributed by atoms with van der Waals surface area (Å²) in [4.78, 5) is 15.3. The van der Waals surface area contributed by atoms with Crippen LogP contribution in [0.25, 0.3) is 11.3 Å². The van der Waals surface area contributed by atoms with Crippen molar-refractivity contribution >= 4 is 27.3 Å². The molecule has 0 radical (unpaired) electrons. The summed E-state index contributed by atoms with van der Waals surface area (Å²) in [5, 5.41) is 18.2. The number of phenolic OH excluding ortho intramolecular Hbond substituents is 1. The molecule has 1 fully saturated rings. The van der Waals surface area contributed by atoms with Gasteiger partial charge in [0.1, 0.15) is 17.1 Å². The summed E-state index contributed by atoms with van der Waals surface area (Å²) in [6.45, 7) is 4.61. The number of H-pyrrole nitrogens is 1. The number of fused-ring (bicyclic) bond motifs is 1. The number of nitrogens with zero attached hydrogens (tertiary/aromatic N) is 2. The summed E-state index contributed by atoms with van der Waals surface area (Å²) >= 11 is 6.21. The number of aromatic hydroxyl groups is 1. The fourth-order valence-electron chi connectivity index (χ4n) is 5.01. The van der Waals surface area contributed by atoms with E-state index in [2.05, 4.69) is 10.2 Å². The van der Waals surface area contributed by atoms with E-state index in [4.69, 9.17) is 21.1 Å². The summed E-state index contributed by atoms with van der Waals surface area (Å²) in [6, 6.07) is 8.89. The molecule has 190 valence electrons. The van der Waals surface area contributed by atoms with Crippen molar-refractivity contribution in [2.45, 2.75) is 32.4 Å². The molecule has 2 unspecified atom stereocenters. The first-order valence-electron chi connectivity index (χ1n) is 11.7. The SMILES string of the molecule is CCOc1ccc(C2c3c(-c4cc(Cl)ccc4O)n[nH]c3C(=O)N2C2CCS(=O)(=O)C2)cc1OCC. The van der Waals surface area contributed by atoms with Crippen LogP contribution in [0.2, 0.25) is 5.02 Å². The number of halogens is 1. The van der Waals surface area contributed by atoms with E-state index in [1.54, 1.807) is 23.1 Å². The quantitative estimate of drug-likeness (QED) is 0.473. The van der Waals surface area contributed by atoms with Crippen molar-refractivity contribution in [3.63, 3.8) is 0 Å². The molecule has 2 aliphatic rings. The maximum absolute atomic E-state index is 13.7. The van der Waals surface area contributed by atoms with E-state index < -0.39 is 21.9 Å². The minimum Gasteiger partial charge on any atom is -0.507 e. The summed E-state index contributed by atoms with van der Waals surface area (Å²) in [7, 11) is -3.26. The Morgan fingerprint density at radius 2 is 1.89 bits per heavy atom. The Balaban J connectivity index is 1.70. The molecule has 36 heavy (non-hydrogen) atoms. The number of aromatic nitrogens is 2. The number of ether oxygens (including phenoxy) is 2. The van der Waals surface area contributed by atoms with E-state index in [9.17, 15) is 18.3 Å². The molecule has 1 aromatic heterocycles. The van der Waals surface area contributed by atoms with Crippen LogP contribution in [-0.2, 0) is 9.84 Å². The molecule has 2 N–H and O–H groups in total. The predicted octanol–water partition coefficient (Wildman–Crippen LogP) is 3.97. The number of phenols is 1. The van der Waals surface area contributed by atoms with Gasteiger partial charge in [0, 0.05) is 22.2 Å². The van der Waals surface area contributed by atoms with E-state index in [1.807, 2.05) is 26.0 Å². The highest BCUT2D eigenvalue weighted by Gasteiger charge is 2.48. The molecule has 2 aliphatic heterocycles. The van der Waals surface area contributed by atoms with E-state index in [-0.39, 0.29) is 28.9 Å². The zero-order valence-corrected chi connectivity index (χ0v) is 21.4. The van der Waals surface area contributed by atoms with E-state index in [1.165, 1.54) is 6.07 Å². The molecule has 1 amide bonds. The van der Waals surface area contributed by atoms with Gasteiger partial charge < -0.3 is 19.5 Å². The van der Waals surface area contributed by atoms with Gasteiger partial charge in [-0.2, -0.15) is 5.10 Å². The molecule has 0 aliphatic carbocycles. The first kappa shape index (κ1) is 24.5. The fourth-order valence-corrected chi connectivity index (χ4v) is 6.89. The van der Waals surface area contributed by atoms with Gasteiger partial charge in [-0.25, -0.2) is 8.42 Å². The average molecular weight is 532 g/mol.